The van der Waals surface area contributed by atoms with Crippen molar-refractivity contribution in [3.63, 3.8) is 0 Å². The molecule has 1 N–H and O–H groups in total. The van der Waals surface area contributed by atoms with Crippen LogP contribution in [0, 0.1) is 15.9 Å². The Bertz CT molecular complexity index is 410. The average Bonchev–Trinajstić information content (AvgIpc) is 2.19. The highest BCUT2D eigenvalue weighted by atomic mass is 19.1. The number of halogens is 1. The van der Waals surface area contributed by atoms with Gasteiger partial charge in [-0.15, -0.1) is 0 Å². The summed E-state index contributed by atoms with van der Waals surface area (Å²) in [5.41, 5.74) is -0.192. The maximum absolute atomic E-state index is 13.5. The van der Waals surface area contributed by atoms with Crippen LogP contribution in [0.4, 0.5) is 10.1 Å². The van der Waals surface area contributed by atoms with Gasteiger partial charge in [0.2, 0.25) is 0 Å². The van der Waals surface area contributed by atoms with Crippen LogP contribution in [0.5, 0.6) is 0 Å². The fourth-order valence-corrected chi connectivity index (χ4v) is 1.66. The van der Waals surface area contributed by atoms with E-state index in [1.807, 2.05) is 0 Å². The molecule has 1 aromatic carbocycles. The van der Waals surface area contributed by atoms with Gasteiger partial charge in [-0.25, -0.2) is 4.39 Å². The number of hydrogen-bond acceptors (Lipinski definition) is 4. The number of nitro groups is 1. The van der Waals surface area contributed by atoms with E-state index in [0.29, 0.717) is 6.54 Å². The van der Waals surface area contributed by atoms with Crippen molar-refractivity contribution in [3.8, 4) is 0 Å². The normalized spacial score (nSPS) is 12.8. The van der Waals surface area contributed by atoms with Gasteiger partial charge >= 0.3 is 0 Å². The first-order valence-corrected chi connectivity index (χ1v) is 5.20. The second kappa shape index (κ2) is 5.70. The quantitative estimate of drug-likeness (QED) is 0.628. The molecule has 1 rings (SSSR count). The van der Waals surface area contributed by atoms with Crippen LogP contribution >= 0.6 is 0 Å². The molecule has 0 fully saturated rings. The molecule has 0 aliphatic carbocycles. The van der Waals surface area contributed by atoms with Crippen molar-refractivity contribution >= 4 is 5.69 Å². The van der Waals surface area contributed by atoms with Gasteiger partial charge in [-0.1, -0.05) is 6.07 Å². The SMILES string of the molecule is C[C@H](O)CN(C)Cc1c(F)cccc1[N+](=O)[O-]. The van der Waals surface area contributed by atoms with E-state index < -0.39 is 16.8 Å². The summed E-state index contributed by atoms with van der Waals surface area (Å²) in [6.45, 7) is 2.02. The van der Waals surface area contributed by atoms with Crippen LogP contribution in [0.15, 0.2) is 18.2 Å². The van der Waals surface area contributed by atoms with E-state index in [2.05, 4.69) is 0 Å². The van der Waals surface area contributed by atoms with E-state index in [1.165, 1.54) is 18.2 Å². The Morgan fingerprint density at radius 3 is 2.76 bits per heavy atom. The molecule has 5 nitrogen and oxygen atoms in total. The molecule has 1 atom stereocenters. The van der Waals surface area contributed by atoms with Gasteiger partial charge < -0.3 is 5.11 Å². The zero-order valence-electron chi connectivity index (χ0n) is 9.76. The molecule has 0 aliphatic rings. The lowest BCUT2D eigenvalue weighted by molar-refractivity contribution is -0.385. The first-order chi connectivity index (χ1) is 7.91. The Balaban J connectivity index is 2.92. The van der Waals surface area contributed by atoms with Crippen LogP contribution in [-0.2, 0) is 6.54 Å². The lowest BCUT2D eigenvalue weighted by Gasteiger charge is -2.18. The largest absolute Gasteiger partial charge is 0.392 e. The van der Waals surface area contributed by atoms with Gasteiger partial charge in [0.25, 0.3) is 5.69 Å². The van der Waals surface area contributed by atoms with Crippen LogP contribution in [0.1, 0.15) is 12.5 Å². The number of hydrogen-bond donors (Lipinski definition) is 1. The van der Waals surface area contributed by atoms with E-state index in [0.717, 1.165) is 0 Å². The van der Waals surface area contributed by atoms with E-state index in [-0.39, 0.29) is 17.8 Å². The van der Waals surface area contributed by atoms with Crippen molar-refractivity contribution in [1.82, 2.24) is 4.90 Å². The topological polar surface area (TPSA) is 66.6 Å². The molecule has 6 heteroatoms. The minimum Gasteiger partial charge on any atom is -0.392 e. The van der Waals surface area contributed by atoms with E-state index in [4.69, 9.17) is 0 Å². The van der Waals surface area contributed by atoms with Crippen molar-refractivity contribution in [3.05, 3.63) is 39.7 Å². The highest BCUT2D eigenvalue weighted by Crippen LogP contribution is 2.22. The number of nitro benzene ring substituents is 1. The number of nitrogens with zero attached hydrogens (tertiary/aromatic N) is 2. The Morgan fingerprint density at radius 1 is 1.59 bits per heavy atom. The van der Waals surface area contributed by atoms with Gasteiger partial charge in [0.15, 0.2) is 0 Å². The zero-order valence-corrected chi connectivity index (χ0v) is 9.76. The van der Waals surface area contributed by atoms with Gasteiger partial charge in [0.1, 0.15) is 5.82 Å². The Kier molecular flexibility index (Phi) is 4.53. The monoisotopic (exact) mass is 242 g/mol. The summed E-state index contributed by atoms with van der Waals surface area (Å²) in [5, 5.41) is 19.9. The summed E-state index contributed by atoms with van der Waals surface area (Å²) in [6, 6.07) is 3.78. The maximum atomic E-state index is 13.5. The number of likely N-dealkylation sites (N-methyl/N-ethyl adjacent to an activating group) is 1. The van der Waals surface area contributed by atoms with Crippen molar-refractivity contribution in [2.45, 2.75) is 19.6 Å². The minimum atomic E-state index is -0.603. The number of rotatable bonds is 5. The van der Waals surface area contributed by atoms with Crippen LogP contribution in [0.2, 0.25) is 0 Å². The molecule has 0 bridgehead atoms. The first-order valence-electron chi connectivity index (χ1n) is 5.20. The molecule has 0 unspecified atom stereocenters. The average molecular weight is 242 g/mol. The summed E-state index contributed by atoms with van der Waals surface area (Å²) in [6.07, 6.45) is -0.564. The lowest BCUT2D eigenvalue weighted by atomic mass is 10.1. The second-order valence-corrected chi connectivity index (χ2v) is 4.04. The van der Waals surface area contributed by atoms with Gasteiger partial charge in [-0.05, 0) is 20.0 Å². The molecule has 0 radical (unpaired) electrons. The predicted octanol–water partition coefficient (Wildman–Crippen LogP) is 1.55. The minimum absolute atomic E-state index is 0.0423. The van der Waals surface area contributed by atoms with Crippen molar-refractivity contribution in [1.29, 1.82) is 0 Å². The van der Waals surface area contributed by atoms with Crippen molar-refractivity contribution in [2.24, 2.45) is 0 Å². The second-order valence-electron chi connectivity index (χ2n) is 4.04. The Labute approximate surface area is 98.6 Å². The molecule has 0 aliphatic heterocycles. The van der Waals surface area contributed by atoms with Gasteiger partial charge in [0.05, 0.1) is 16.6 Å². The fraction of sp³-hybridized carbons (Fsp3) is 0.455. The third-order valence-corrected chi connectivity index (χ3v) is 2.29. The highest BCUT2D eigenvalue weighted by Gasteiger charge is 2.19. The number of aliphatic hydroxyl groups is 1. The smallest absolute Gasteiger partial charge is 0.276 e. The molecular weight excluding hydrogens is 227 g/mol. The third-order valence-electron chi connectivity index (χ3n) is 2.29. The summed E-state index contributed by atoms with van der Waals surface area (Å²) in [5.74, 6) is -0.600. The van der Waals surface area contributed by atoms with Gasteiger partial charge in [-0.2, -0.15) is 0 Å². The van der Waals surface area contributed by atoms with Crippen LogP contribution in [0.3, 0.4) is 0 Å². The molecule has 17 heavy (non-hydrogen) atoms. The summed E-state index contributed by atoms with van der Waals surface area (Å²) >= 11 is 0. The molecule has 0 amide bonds. The molecule has 0 aromatic heterocycles. The predicted molar refractivity (Wildman–Crippen MR) is 61.1 cm³/mol. The number of benzene rings is 1. The van der Waals surface area contributed by atoms with Crippen LogP contribution < -0.4 is 0 Å². The molecular formula is C11H15FN2O3. The van der Waals surface area contributed by atoms with Gasteiger partial charge in [0, 0.05) is 19.2 Å². The molecule has 1 aromatic rings. The fourth-order valence-electron chi connectivity index (χ4n) is 1.66. The van der Waals surface area contributed by atoms with Crippen molar-refractivity contribution in [2.75, 3.05) is 13.6 Å². The molecule has 0 heterocycles. The standard InChI is InChI=1S/C11H15FN2O3/c1-8(15)6-13(2)7-9-10(12)4-3-5-11(9)14(16)17/h3-5,8,15H,6-7H2,1-2H3/t8-/m0/s1. The van der Waals surface area contributed by atoms with E-state index in [1.54, 1.807) is 18.9 Å². The van der Waals surface area contributed by atoms with Crippen LogP contribution in [-0.4, -0.2) is 34.6 Å². The lowest BCUT2D eigenvalue weighted by Crippen LogP contribution is -2.27. The molecule has 0 saturated carbocycles. The molecule has 0 spiro atoms. The van der Waals surface area contributed by atoms with Crippen molar-refractivity contribution < 1.29 is 14.4 Å². The molecule has 0 saturated heterocycles. The third kappa shape index (κ3) is 3.76. The van der Waals surface area contributed by atoms with E-state index in [9.17, 15) is 19.6 Å². The summed E-state index contributed by atoms with van der Waals surface area (Å²) < 4.78 is 13.5. The Morgan fingerprint density at radius 2 is 2.24 bits per heavy atom. The maximum Gasteiger partial charge on any atom is 0.276 e. The highest BCUT2D eigenvalue weighted by molar-refractivity contribution is 5.40. The zero-order chi connectivity index (χ0) is 13.0. The summed E-state index contributed by atoms with van der Waals surface area (Å²) in [7, 11) is 1.67. The van der Waals surface area contributed by atoms with Crippen LogP contribution in [0.25, 0.3) is 0 Å². The summed E-state index contributed by atoms with van der Waals surface area (Å²) in [4.78, 5) is 11.8. The molecule has 94 valence electrons. The number of aliphatic hydroxyl groups excluding tert-OH is 1. The van der Waals surface area contributed by atoms with Gasteiger partial charge in [-0.3, -0.25) is 15.0 Å². The first kappa shape index (κ1) is 13.5. The van der Waals surface area contributed by atoms with E-state index >= 15 is 0 Å². The Hall–Kier alpha value is -1.53.